The van der Waals surface area contributed by atoms with Gasteiger partial charge in [0, 0.05) is 18.4 Å². The molecule has 3 rings (SSSR count). The first-order valence-electron chi connectivity index (χ1n) is 7.60. The SMILES string of the molecule is Cc1cccc(-c2nnc(SCc3ccc(C(F)(F)F)cc3)n2C)c1. The first kappa shape index (κ1) is 17.5. The van der Waals surface area contributed by atoms with Gasteiger partial charge in [-0.05, 0) is 30.7 Å². The molecule has 3 nitrogen and oxygen atoms in total. The molecule has 130 valence electrons. The van der Waals surface area contributed by atoms with Gasteiger partial charge in [-0.1, -0.05) is 47.7 Å². The summed E-state index contributed by atoms with van der Waals surface area (Å²) in [5.74, 6) is 1.29. The first-order chi connectivity index (χ1) is 11.8. The van der Waals surface area contributed by atoms with Crippen LogP contribution in [-0.2, 0) is 19.0 Å². The number of halogens is 3. The van der Waals surface area contributed by atoms with Crippen molar-refractivity contribution in [1.82, 2.24) is 14.8 Å². The lowest BCUT2D eigenvalue weighted by Crippen LogP contribution is -2.04. The van der Waals surface area contributed by atoms with Gasteiger partial charge in [0.2, 0.25) is 0 Å². The summed E-state index contributed by atoms with van der Waals surface area (Å²) in [5.41, 5.74) is 2.29. The monoisotopic (exact) mass is 363 g/mol. The molecule has 2 aromatic carbocycles. The Morgan fingerprint density at radius 2 is 1.76 bits per heavy atom. The fraction of sp³-hybridized carbons (Fsp3) is 0.222. The van der Waals surface area contributed by atoms with Crippen LogP contribution in [0.2, 0.25) is 0 Å². The van der Waals surface area contributed by atoms with Crippen LogP contribution < -0.4 is 0 Å². The number of hydrogen-bond donors (Lipinski definition) is 0. The van der Waals surface area contributed by atoms with E-state index in [0.717, 1.165) is 39.8 Å². The number of rotatable bonds is 4. The molecule has 0 aliphatic rings. The normalized spacial score (nSPS) is 11.7. The summed E-state index contributed by atoms with van der Waals surface area (Å²) in [6, 6.07) is 13.2. The van der Waals surface area contributed by atoms with Crippen molar-refractivity contribution in [3.8, 4) is 11.4 Å². The molecule has 0 amide bonds. The van der Waals surface area contributed by atoms with Crippen LogP contribution in [0.25, 0.3) is 11.4 Å². The summed E-state index contributed by atoms with van der Waals surface area (Å²) in [5, 5.41) is 9.14. The van der Waals surface area contributed by atoms with Gasteiger partial charge < -0.3 is 4.57 Å². The molecule has 1 aromatic heterocycles. The second-order valence-electron chi connectivity index (χ2n) is 5.72. The summed E-state index contributed by atoms with van der Waals surface area (Å²) >= 11 is 1.44. The van der Waals surface area contributed by atoms with Gasteiger partial charge in [0.05, 0.1) is 5.56 Å². The van der Waals surface area contributed by atoms with Crippen LogP contribution in [0.3, 0.4) is 0 Å². The van der Waals surface area contributed by atoms with Crippen LogP contribution in [0.15, 0.2) is 53.7 Å². The minimum Gasteiger partial charge on any atom is -0.305 e. The summed E-state index contributed by atoms with van der Waals surface area (Å²) < 4.78 is 39.7. The van der Waals surface area contributed by atoms with Crippen LogP contribution in [-0.4, -0.2) is 14.8 Å². The van der Waals surface area contributed by atoms with E-state index in [1.54, 1.807) is 0 Å². The molecule has 0 radical (unpaired) electrons. The van der Waals surface area contributed by atoms with Gasteiger partial charge >= 0.3 is 6.18 Å². The molecule has 0 fully saturated rings. The molecule has 0 N–H and O–H groups in total. The van der Waals surface area contributed by atoms with Crippen molar-refractivity contribution in [2.75, 3.05) is 0 Å². The zero-order chi connectivity index (χ0) is 18.0. The molecule has 0 saturated carbocycles. The van der Waals surface area contributed by atoms with Gasteiger partial charge in [-0.25, -0.2) is 0 Å². The number of thioether (sulfide) groups is 1. The highest BCUT2D eigenvalue weighted by Crippen LogP contribution is 2.30. The number of nitrogens with zero attached hydrogens (tertiary/aromatic N) is 3. The number of aromatic nitrogens is 3. The third kappa shape index (κ3) is 4.04. The van der Waals surface area contributed by atoms with E-state index < -0.39 is 11.7 Å². The van der Waals surface area contributed by atoms with Crippen molar-refractivity contribution in [3.63, 3.8) is 0 Å². The summed E-state index contributed by atoms with van der Waals surface area (Å²) in [4.78, 5) is 0. The largest absolute Gasteiger partial charge is 0.416 e. The van der Waals surface area contributed by atoms with E-state index in [0.29, 0.717) is 5.75 Å². The zero-order valence-electron chi connectivity index (χ0n) is 13.7. The predicted octanol–water partition coefficient (Wildman–Crippen LogP) is 5.10. The maximum absolute atomic E-state index is 12.6. The van der Waals surface area contributed by atoms with Crippen LogP contribution in [0, 0.1) is 6.92 Å². The molecular formula is C18H16F3N3S. The maximum atomic E-state index is 12.6. The Morgan fingerprint density at radius 1 is 1.04 bits per heavy atom. The van der Waals surface area contributed by atoms with E-state index in [9.17, 15) is 13.2 Å². The van der Waals surface area contributed by atoms with E-state index in [4.69, 9.17) is 0 Å². The fourth-order valence-corrected chi connectivity index (χ4v) is 3.28. The Balaban J connectivity index is 1.72. The third-order valence-corrected chi connectivity index (χ3v) is 4.85. The minimum atomic E-state index is -4.31. The highest BCUT2D eigenvalue weighted by atomic mass is 32.2. The van der Waals surface area contributed by atoms with Crippen molar-refractivity contribution < 1.29 is 13.2 Å². The van der Waals surface area contributed by atoms with Crippen molar-refractivity contribution in [3.05, 3.63) is 65.2 Å². The molecule has 0 atom stereocenters. The summed E-state index contributed by atoms with van der Waals surface area (Å²) in [6.45, 7) is 2.01. The minimum absolute atomic E-state index is 0.526. The quantitative estimate of drug-likeness (QED) is 0.604. The van der Waals surface area contributed by atoms with E-state index in [1.165, 1.54) is 23.9 Å². The van der Waals surface area contributed by atoms with E-state index in [-0.39, 0.29) is 0 Å². The number of alkyl halides is 3. The van der Waals surface area contributed by atoms with Crippen molar-refractivity contribution >= 4 is 11.8 Å². The molecule has 0 bridgehead atoms. The Morgan fingerprint density at radius 3 is 2.40 bits per heavy atom. The molecule has 0 unspecified atom stereocenters. The van der Waals surface area contributed by atoms with Crippen LogP contribution >= 0.6 is 11.8 Å². The molecule has 1 heterocycles. The van der Waals surface area contributed by atoms with Gasteiger partial charge in [-0.15, -0.1) is 10.2 Å². The smallest absolute Gasteiger partial charge is 0.305 e. The van der Waals surface area contributed by atoms with E-state index in [2.05, 4.69) is 10.2 Å². The zero-order valence-corrected chi connectivity index (χ0v) is 14.5. The van der Waals surface area contributed by atoms with E-state index >= 15 is 0 Å². The van der Waals surface area contributed by atoms with Gasteiger partial charge in [0.15, 0.2) is 11.0 Å². The van der Waals surface area contributed by atoms with Crippen LogP contribution in [0.5, 0.6) is 0 Å². The molecule has 0 aliphatic heterocycles. The Hall–Kier alpha value is -2.28. The fourth-order valence-electron chi connectivity index (χ4n) is 2.41. The Kier molecular flexibility index (Phi) is 4.85. The Labute approximate surface area is 147 Å². The van der Waals surface area contributed by atoms with Crippen molar-refractivity contribution in [2.24, 2.45) is 7.05 Å². The lowest BCUT2D eigenvalue weighted by atomic mass is 10.1. The predicted molar refractivity (Wildman–Crippen MR) is 92.2 cm³/mol. The lowest BCUT2D eigenvalue weighted by molar-refractivity contribution is -0.137. The maximum Gasteiger partial charge on any atom is 0.416 e. The van der Waals surface area contributed by atoms with Crippen molar-refractivity contribution in [2.45, 2.75) is 24.0 Å². The van der Waals surface area contributed by atoms with Crippen molar-refractivity contribution in [1.29, 1.82) is 0 Å². The molecule has 3 aromatic rings. The lowest BCUT2D eigenvalue weighted by Gasteiger charge is -2.07. The number of benzene rings is 2. The average Bonchev–Trinajstić information content (AvgIpc) is 2.93. The average molecular weight is 363 g/mol. The molecular weight excluding hydrogens is 347 g/mol. The Bertz CT molecular complexity index is 870. The topological polar surface area (TPSA) is 30.7 Å². The summed E-state index contributed by atoms with van der Waals surface area (Å²) in [7, 11) is 1.88. The molecule has 25 heavy (non-hydrogen) atoms. The standard InChI is InChI=1S/C18H16F3N3S/c1-12-4-3-5-14(10-12)16-22-23-17(24(16)2)25-11-13-6-8-15(9-7-13)18(19,20)21/h3-10H,11H2,1-2H3. The van der Waals surface area contributed by atoms with E-state index in [1.807, 2.05) is 42.8 Å². The van der Waals surface area contributed by atoms with Crippen LogP contribution in [0.1, 0.15) is 16.7 Å². The number of aryl methyl sites for hydroxylation is 1. The van der Waals surface area contributed by atoms with Gasteiger partial charge in [-0.3, -0.25) is 0 Å². The van der Waals surface area contributed by atoms with Crippen LogP contribution in [0.4, 0.5) is 13.2 Å². The number of hydrogen-bond acceptors (Lipinski definition) is 3. The van der Waals surface area contributed by atoms with Gasteiger partial charge in [-0.2, -0.15) is 13.2 Å². The molecule has 0 saturated heterocycles. The molecule has 0 spiro atoms. The highest BCUT2D eigenvalue weighted by Gasteiger charge is 2.29. The molecule has 7 heteroatoms. The second-order valence-corrected chi connectivity index (χ2v) is 6.66. The van der Waals surface area contributed by atoms with Gasteiger partial charge in [0.25, 0.3) is 0 Å². The second kappa shape index (κ2) is 6.92. The van der Waals surface area contributed by atoms with Gasteiger partial charge in [0.1, 0.15) is 0 Å². The molecule has 0 aliphatic carbocycles. The highest BCUT2D eigenvalue weighted by molar-refractivity contribution is 7.98. The first-order valence-corrected chi connectivity index (χ1v) is 8.58. The summed E-state index contributed by atoms with van der Waals surface area (Å²) in [6.07, 6.45) is -4.31. The third-order valence-electron chi connectivity index (χ3n) is 3.76.